The molecule has 2 rings (SSSR count). The number of rotatable bonds is 6. The van der Waals surface area contributed by atoms with Gasteiger partial charge in [0.2, 0.25) is 11.8 Å². The fourth-order valence-corrected chi connectivity index (χ4v) is 2.23. The molecule has 0 radical (unpaired) electrons. The average molecular weight is 337 g/mol. The largest absolute Gasteiger partial charge is 0.326 e. The summed E-state index contributed by atoms with van der Waals surface area (Å²) in [5.74, 6) is -0.485. The van der Waals surface area contributed by atoms with Crippen molar-refractivity contribution in [3.05, 3.63) is 64.7 Å². The second-order valence-corrected chi connectivity index (χ2v) is 6.00. The Balaban J connectivity index is 1.76. The fraction of sp³-hybridized carbons (Fsp3) is 0.250. The van der Waals surface area contributed by atoms with Gasteiger partial charge >= 0.3 is 0 Å². The van der Waals surface area contributed by atoms with E-state index in [1.165, 1.54) is 5.56 Å². The summed E-state index contributed by atoms with van der Waals surface area (Å²) in [6, 6.07) is 13.5. The van der Waals surface area contributed by atoms with Crippen molar-refractivity contribution in [1.29, 1.82) is 0 Å². The van der Waals surface area contributed by atoms with E-state index in [2.05, 4.69) is 15.8 Å². The first kappa shape index (κ1) is 18.4. The highest BCUT2D eigenvalue weighted by Gasteiger charge is 2.07. The van der Waals surface area contributed by atoms with Crippen molar-refractivity contribution < 1.29 is 9.59 Å². The quantitative estimate of drug-likeness (QED) is 0.626. The Labute approximate surface area is 148 Å². The minimum absolute atomic E-state index is 0.0851. The van der Waals surface area contributed by atoms with E-state index in [0.717, 1.165) is 22.4 Å². The summed E-state index contributed by atoms with van der Waals surface area (Å²) in [4.78, 5) is 23.7. The van der Waals surface area contributed by atoms with Crippen molar-refractivity contribution in [2.75, 3.05) is 5.32 Å². The Bertz CT molecular complexity index is 797. The van der Waals surface area contributed by atoms with Gasteiger partial charge in [0.25, 0.3) is 0 Å². The molecule has 0 saturated heterocycles. The lowest BCUT2D eigenvalue weighted by Crippen LogP contribution is -2.20. The molecule has 2 aromatic rings. The molecule has 0 aliphatic carbocycles. The maximum Gasteiger partial charge on any atom is 0.240 e. The first-order valence-electron chi connectivity index (χ1n) is 8.20. The Hall–Kier alpha value is -2.95. The molecule has 25 heavy (non-hydrogen) atoms. The molecule has 0 fully saturated rings. The van der Waals surface area contributed by atoms with E-state index < -0.39 is 0 Å². The fourth-order valence-electron chi connectivity index (χ4n) is 2.23. The summed E-state index contributed by atoms with van der Waals surface area (Å²) < 4.78 is 0. The third-order valence-electron chi connectivity index (χ3n) is 3.95. The van der Waals surface area contributed by atoms with Crippen molar-refractivity contribution in [1.82, 2.24) is 5.43 Å². The lowest BCUT2D eigenvalue weighted by molar-refractivity contribution is -0.124. The van der Waals surface area contributed by atoms with Crippen LogP contribution in [0.25, 0.3) is 0 Å². The number of hydrogen-bond acceptors (Lipinski definition) is 3. The summed E-state index contributed by atoms with van der Waals surface area (Å²) in [7, 11) is 0. The molecule has 0 atom stereocenters. The van der Waals surface area contributed by atoms with Crippen molar-refractivity contribution >= 4 is 23.7 Å². The van der Waals surface area contributed by atoms with Crippen LogP contribution in [0.3, 0.4) is 0 Å². The Morgan fingerprint density at radius 1 is 0.920 bits per heavy atom. The molecule has 2 aromatic carbocycles. The topological polar surface area (TPSA) is 70.6 Å². The molecule has 5 nitrogen and oxygen atoms in total. The monoisotopic (exact) mass is 337 g/mol. The second kappa shape index (κ2) is 8.78. The van der Waals surface area contributed by atoms with Crippen LogP contribution in [0.1, 0.15) is 35.1 Å². The number of nitrogens with one attached hydrogen (secondary N) is 2. The van der Waals surface area contributed by atoms with Gasteiger partial charge in [0, 0.05) is 18.5 Å². The Kier molecular flexibility index (Phi) is 6.46. The van der Waals surface area contributed by atoms with Crippen molar-refractivity contribution in [3.63, 3.8) is 0 Å². The average Bonchev–Trinajstić information content (AvgIpc) is 2.58. The highest BCUT2D eigenvalue weighted by molar-refractivity contribution is 5.93. The molecule has 0 heterocycles. The minimum atomic E-state index is -0.292. The van der Waals surface area contributed by atoms with Crippen LogP contribution < -0.4 is 10.7 Å². The molecule has 0 saturated carbocycles. The number of hydrazone groups is 1. The lowest BCUT2D eigenvalue weighted by Gasteiger charge is -2.07. The molecule has 0 unspecified atom stereocenters. The third kappa shape index (κ3) is 5.88. The summed E-state index contributed by atoms with van der Waals surface area (Å²) in [6.45, 7) is 5.98. The molecule has 0 bridgehead atoms. The van der Waals surface area contributed by atoms with Crippen LogP contribution in [0.15, 0.2) is 47.6 Å². The maximum atomic E-state index is 11.9. The van der Waals surface area contributed by atoms with E-state index in [4.69, 9.17) is 0 Å². The number of aryl methyl sites for hydroxylation is 3. The van der Waals surface area contributed by atoms with Gasteiger partial charge in [0.1, 0.15) is 0 Å². The van der Waals surface area contributed by atoms with Gasteiger partial charge in [-0.25, -0.2) is 5.43 Å². The van der Waals surface area contributed by atoms with Crippen LogP contribution in [0.4, 0.5) is 5.69 Å². The van der Waals surface area contributed by atoms with Crippen LogP contribution >= 0.6 is 0 Å². The molecule has 5 heteroatoms. The smallest absolute Gasteiger partial charge is 0.240 e. The van der Waals surface area contributed by atoms with Crippen LogP contribution in [-0.4, -0.2) is 18.0 Å². The van der Waals surface area contributed by atoms with Gasteiger partial charge in [-0.05, 0) is 55.2 Å². The van der Waals surface area contributed by atoms with Crippen LogP contribution in [0.5, 0.6) is 0 Å². The third-order valence-corrected chi connectivity index (χ3v) is 3.95. The highest BCUT2D eigenvalue weighted by atomic mass is 16.2. The van der Waals surface area contributed by atoms with E-state index >= 15 is 0 Å². The predicted octanol–water partition coefficient (Wildman–Crippen LogP) is 3.48. The molecule has 130 valence electrons. The second-order valence-electron chi connectivity index (χ2n) is 6.00. The standard InChI is InChI=1S/C20H23N3O2/c1-14-8-9-18(12-16(14)3)22-19(24)10-11-20(25)23-21-13-17-7-5-4-6-15(17)2/h4-9,12-13H,10-11H2,1-3H3,(H,22,24)(H,23,25). The van der Waals surface area contributed by atoms with Crippen molar-refractivity contribution in [2.45, 2.75) is 33.6 Å². The summed E-state index contributed by atoms with van der Waals surface area (Å²) >= 11 is 0. The summed E-state index contributed by atoms with van der Waals surface area (Å²) in [5.41, 5.74) is 7.49. The van der Waals surface area contributed by atoms with Gasteiger partial charge in [-0.1, -0.05) is 30.3 Å². The number of carbonyl (C=O) groups excluding carboxylic acids is 2. The van der Waals surface area contributed by atoms with Gasteiger partial charge in [0.05, 0.1) is 6.21 Å². The first-order valence-corrected chi connectivity index (χ1v) is 8.20. The number of carbonyl (C=O) groups is 2. The Morgan fingerprint density at radius 3 is 2.36 bits per heavy atom. The highest BCUT2D eigenvalue weighted by Crippen LogP contribution is 2.14. The minimum Gasteiger partial charge on any atom is -0.326 e. The molecule has 2 N–H and O–H groups in total. The zero-order valence-corrected chi connectivity index (χ0v) is 14.8. The number of anilines is 1. The van der Waals surface area contributed by atoms with Crippen LogP contribution in [0.2, 0.25) is 0 Å². The van der Waals surface area contributed by atoms with Gasteiger partial charge < -0.3 is 5.32 Å². The molecular formula is C20H23N3O2. The van der Waals surface area contributed by atoms with E-state index in [1.54, 1.807) is 6.21 Å². The van der Waals surface area contributed by atoms with E-state index in [9.17, 15) is 9.59 Å². The molecule has 0 aromatic heterocycles. The summed E-state index contributed by atoms with van der Waals surface area (Å²) in [5, 5.41) is 6.73. The molecule has 0 spiro atoms. The van der Waals surface area contributed by atoms with Crippen LogP contribution in [0, 0.1) is 20.8 Å². The molecule has 2 amide bonds. The lowest BCUT2D eigenvalue weighted by atomic mass is 10.1. The van der Waals surface area contributed by atoms with Crippen molar-refractivity contribution in [2.24, 2.45) is 5.10 Å². The Morgan fingerprint density at radius 2 is 1.64 bits per heavy atom. The molecular weight excluding hydrogens is 314 g/mol. The van der Waals surface area contributed by atoms with Gasteiger partial charge in [-0.3, -0.25) is 9.59 Å². The number of nitrogens with zero attached hydrogens (tertiary/aromatic N) is 1. The zero-order chi connectivity index (χ0) is 18.2. The number of amides is 2. The predicted molar refractivity (Wildman–Crippen MR) is 101 cm³/mol. The molecule has 0 aliphatic heterocycles. The number of benzene rings is 2. The molecule has 0 aliphatic rings. The van der Waals surface area contributed by atoms with E-state index in [1.807, 2.05) is 63.2 Å². The first-order chi connectivity index (χ1) is 12.0. The van der Waals surface area contributed by atoms with E-state index in [-0.39, 0.29) is 24.7 Å². The van der Waals surface area contributed by atoms with Crippen LogP contribution in [-0.2, 0) is 9.59 Å². The maximum absolute atomic E-state index is 11.9. The number of hydrogen-bond donors (Lipinski definition) is 2. The van der Waals surface area contributed by atoms with Gasteiger partial charge in [-0.15, -0.1) is 0 Å². The SMILES string of the molecule is Cc1ccc(NC(=O)CCC(=O)NN=Cc2ccccc2C)cc1C. The zero-order valence-electron chi connectivity index (χ0n) is 14.8. The van der Waals surface area contributed by atoms with E-state index in [0.29, 0.717) is 0 Å². The van der Waals surface area contributed by atoms with Gasteiger partial charge in [-0.2, -0.15) is 5.10 Å². The van der Waals surface area contributed by atoms with Crippen molar-refractivity contribution in [3.8, 4) is 0 Å². The summed E-state index contributed by atoms with van der Waals surface area (Å²) in [6.07, 6.45) is 1.79. The van der Waals surface area contributed by atoms with Gasteiger partial charge in [0.15, 0.2) is 0 Å². The normalized spacial score (nSPS) is 10.7.